The number of nitrogens with two attached hydrogens (primary N) is 1. The van der Waals surface area contributed by atoms with E-state index in [1.165, 1.54) is 23.7 Å². The molecule has 0 atom stereocenters. The predicted octanol–water partition coefficient (Wildman–Crippen LogP) is 4.87. The number of benzene rings is 3. The van der Waals surface area contributed by atoms with E-state index in [2.05, 4.69) is 0 Å². The number of rotatable bonds is 6. The van der Waals surface area contributed by atoms with Crippen molar-refractivity contribution in [2.45, 2.75) is 6.92 Å². The van der Waals surface area contributed by atoms with Crippen molar-refractivity contribution in [2.24, 2.45) is 0 Å². The molecule has 0 spiro atoms. The second-order valence-electron chi connectivity index (χ2n) is 7.20. The van der Waals surface area contributed by atoms with Crippen LogP contribution < -0.4 is 19.9 Å². The van der Waals surface area contributed by atoms with Gasteiger partial charge in [0, 0.05) is 18.2 Å². The zero-order chi connectivity index (χ0) is 23.5. The molecule has 0 amide bonds. The zero-order valence-corrected chi connectivity index (χ0v) is 18.3. The normalized spacial score (nSPS) is 10.7. The van der Waals surface area contributed by atoms with Gasteiger partial charge in [0.2, 0.25) is 5.88 Å². The van der Waals surface area contributed by atoms with Crippen LogP contribution in [-0.4, -0.2) is 30.0 Å². The lowest BCUT2D eigenvalue weighted by molar-refractivity contribution is -0.132. The molecule has 0 aliphatic heterocycles. The molecule has 8 heteroatoms. The van der Waals surface area contributed by atoms with Crippen molar-refractivity contribution in [3.63, 3.8) is 0 Å². The maximum Gasteiger partial charge on any atom is 0.309 e. The largest absolute Gasteiger partial charge is 0.493 e. The van der Waals surface area contributed by atoms with Crippen molar-refractivity contribution >= 4 is 11.7 Å². The summed E-state index contributed by atoms with van der Waals surface area (Å²) in [5.41, 5.74) is 9.53. The summed E-state index contributed by atoms with van der Waals surface area (Å²) in [7, 11) is 3.10. The molecule has 4 aromatic rings. The SMILES string of the molecule is COc1ccc(-c2nn(-c3ccc(F)cc3)c(OC(C)=O)c2-c2ccc(N)cc2)cc1OC. The molecule has 4 rings (SSSR count). The summed E-state index contributed by atoms with van der Waals surface area (Å²) in [5.74, 6) is 0.369. The number of methoxy groups -OCH3 is 2. The van der Waals surface area contributed by atoms with Crippen LogP contribution in [0.3, 0.4) is 0 Å². The Morgan fingerprint density at radius 2 is 1.55 bits per heavy atom. The van der Waals surface area contributed by atoms with Crippen molar-refractivity contribution in [2.75, 3.05) is 20.0 Å². The number of halogens is 1. The summed E-state index contributed by atoms with van der Waals surface area (Å²) in [5, 5.41) is 4.75. The molecule has 3 aromatic carbocycles. The highest BCUT2D eigenvalue weighted by molar-refractivity contribution is 5.88. The van der Waals surface area contributed by atoms with Gasteiger partial charge in [0.05, 0.1) is 25.5 Å². The van der Waals surface area contributed by atoms with Crippen molar-refractivity contribution < 1.29 is 23.4 Å². The van der Waals surface area contributed by atoms with Gasteiger partial charge in [0.1, 0.15) is 11.5 Å². The highest BCUT2D eigenvalue weighted by Crippen LogP contribution is 2.43. The number of nitrogens with zero attached hydrogens (tertiary/aromatic N) is 2. The van der Waals surface area contributed by atoms with E-state index in [1.54, 1.807) is 50.6 Å². The van der Waals surface area contributed by atoms with Gasteiger partial charge in [0.15, 0.2) is 11.5 Å². The number of carbonyl (C=O) groups excluding carboxylic acids is 1. The molecule has 2 N–H and O–H groups in total. The molecule has 0 fully saturated rings. The van der Waals surface area contributed by atoms with Crippen LogP contribution in [0, 0.1) is 5.82 Å². The molecule has 0 bridgehead atoms. The minimum absolute atomic E-state index is 0.198. The highest BCUT2D eigenvalue weighted by atomic mass is 19.1. The van der Waals surface area contributed by atoms with Crippen molar-refractivity contribution in [1.82, 2.24) is 9.78 Å². The summed E-state index contributed by atoms with van der Waals surface area (Å²) < 4.78 is 31.5. The van der Waals surface area contributed by atoms with Crippen molar-refractivity contribution in [3.05, 3.63) is 72.5 Å². The Kier molecular flexibility index (Phi) is 5.99. The first-order chi connectivity index (χ1) is 15.9. The van der Waals surface area contributed by atoms with Gasteiger partial charge >= 0.3 is 5.97 Å². The molecule has 0 saturated carbocycles. The molecule has 0 unspecified atom stereocenters. The quantitative estimate of drug-likeness (QED) is 0.335. The van der Waals surface area contributed by atoms with Crippen molar-refractivity contribution in [3.8, 4) is 45.5 Å². The number of hydrogen-bond acceptors (Lipinski definition) is 6. The van der Waals surface area contributed by atoms with Gasteiger partial charge in [-0.15, -0.1) is 0 Å². The standard InChI is InChI=1S/C25H22FN3O4/c1-15(30)33-25-23(16-4-9-19(27)10-5-16)24(17-6-13-21(31-2)22(14-17)32-3)28-29(25)20-11-7-18(26)8-12-20/h4-14H,27H2,1-3H3. The summed E-state index contributed by atoms with van der Waals surface area (Å²) in [6.07, 6.45) is 0. The van der Waals surface area contributed by atoms with Crippen LogP contribution in [0.15, 0.2) is 66.7 Å². The first-order valence-electron chi connectivity index (χ1n) is 10.1. The first kappa shape index (κ1) is 21.9. The number of nitrogen functional groups attached to an aromatic ring is 1. The summed E-state index contributed by atoms with van der Waals surface area (Å²) >= 11 is 0. The highest BCUT2D eigenvalue weighted by Gasteiger charge is 2.25. The minimum atomic E-state index is -0.520. The van der Waals surface area contributed by atoms with E-state index < -0.39 is 5.97 Å². The van der Waals surface area contributed by atoms with E-state index in [0.29, 0.717) is 39.7 Å². The summed E-state index contributed by atoms with van der Waals surface area (Å²) in [6.45, 7) is 1.31. The van der Waals surface area contributed by atoms with E-state index in [0.717, 1.165) is 5.56 Å². The third-order valence-corrected chi connectivity index (χ3v) is 5.01. The molecular weight excluding hydrogens is 425 g/mol. The molecule has 0 saturated heterocycles. The van der Waals surface area contributed by atoms with E-state index >= 15 is 0 Å². The average Bonchev–Trinajstić information content (AvgIpc) is 3.18. The average molecular weight is 447 g/mol. The van der Waals surface area contributed by atoms with E-state index in [1.807, 2.05) is 18.2 Å². The summed E-state index contributed by atoms with van der Waals surface area (Å²) in [6, 6.07) is 18.3. The topological polar surface area (TPSA) is 88.6 Å². The van der Waals surface area contributed by atoms with E-state index in [9.17, 15) is 9.18 Å². The maximum absolute atomic E-state index is 13.6. The van der Waals surface area contributed by atoms with Crippen LogP contribution in [0.4, 0.5) is 10.1 Å². The smallest absolute Gasteiger partial charge is 0.309 e. The van der Waals surface area contributed by atoms with Crippen LogP contribution in [0.5, 0.6) is 17.4 Å². The number of ether oxygens (including phenoxy) is 3. The Bertz CT molecular complexity index is 1300. The van der Waals surface area contributed by atoms with Gasteiger partial charge in [-0.05, 0) is 60.2 Å². The lowest BCUT2D eigenvalue weighted by atomic mass is 10.0. The number of aromatic nitrogens is 2. The third-order valence-electron chi connectivity index (χ3n) is 5.01. The van der Waals surface area contributed by atoms with E-state index in [4.69, 9.17) is 25.0 Å². The van der Waals surface area contributed by atoms with Gasteiger partial charge in [0.25, 0.3) is 0 Å². The Morgan fingerprint density at radius 1 is 0.909 bits per heavy atom. The second kappa shape index (κ2) is 9.04. The Morgan fingerprint density at radius 3 is 2.15 bits per heavy atom. The number of esters is 1. The van der Waals surface area contributed by atoms with Gasteiger partial charge in [-0.1, -0.05) is 12.1 Å². The summed E-state index contributed by atoms with van der Waals surface area (Å²) in [4.78, 5) is 12.0. The second-order valence-corrected chi connectivity index (χ2v) is 7.20. The molecule has 168 valence electrons. The fourth-order valence-electron chi connectivity index (χ4n) is 3.49. The molecular formula is C25H22FN3O4. The number of carbonyl (C=O) groups is 1. The van der Waals surface area contributed by atoms with Crippen LogP contribution in [0.25, 0.3) is 28.1 Å². The lowest BCUT2D eigenvalue weighted by Gasteiger charge is -2.11. The predicted molar refractivity (Wildman–Crippen MR) is 123 cm³/mol. The maximum atomic E-state index is 13.6. The van der Waals surface area contributed by atoms with Crippen LogP contribution >= 0.6 is 0 Å². The van der Waals surface area contributed by atoms with Crippen LogP contribution in [0.1, 0.15) is 6.92 Å². The monoisotopic (exact) mass is 447 g/mol. The van der Waals surface area contributed by atoms with Gasteiger partial charge < -0.3 is 19.9 Å². The van der Waals surface area contributed by atoms with Gasteiger partial charge in [-0.3, -0.25) is 4.79 Å². The molecule has 0 radical (unpaired) electrons. The molecule has 33 heavy (non-hydrogen) atoms. The van der Waals surface area contributed by atoms with E-state index in [-0.39, 0.29) is 11.7 Å². The molecule has 0 aliphatic carbocycles. The zero-order valence-electron chi connectivity index (χ0n) is 18.3. The van der Waals surface area contributed by atoms with Crippen LogP contribution in [-0.2, 0) is 4.79 Å². The van der Waals surface area contributed by atoms with Gasteiger partial charge in [-0.2, -0.15) is 9.78 Å². The third kappa shape index (κ3) is 4.36. The first-order valence-corrected chi connectivity index (χ1v) is 10.1. The Balaban J connectivity index is 2.03. The molecule has 0 aliphatic rings. The van der Waals surface area contributed by atoms with Crippen LogP contribution in [0.2, 0.25) is 0 Å². The van der Waals surface area contributed by atoms with Crippen molar-refractivity contribution in [1.29, 1.82) is 0 Å². The lowest BCUT2D eigenvalue weighted by Crippen LogP contribution is -2.08. The molecule has 1 aromatic heterocycles. The number of hydrogen-bond donors (Lipinski definition) is 1. The fourth-order valence-corrected chi connectivity index (χ4v) is 3.49. The Hall–Kier alpha value is -4.33. The minimum Gasteiger partial charge on any atom is -0.493 e. The Labute approximate surface area is 190 Å². The molecule has 7 nitrogen and oxygen atoms in total. The van der Waals surface area contributed by atoms with Gasteiger partial charge in [-0.25, -0.2) is 4.39 Å². The fraction of sp³-hybridized carbons (Fsp3) is 0.120. The number of anilines is 1. The molecule has 1 heterocycles.